The van der Waals surface area contributed by atoms with Gasteiger partial charge < -0.3 is 19.7 Å². The van der Waals surface area contributed by atoms with E-state index in [9.17, 15) is 5.11 Å². The topological polar surface area (TPSA) is 62.2 Å². The lowest BCUT2D eigenvalue weighted by Gasteiger charge is -2.26. The highest BCUT2D eigenvalue weighted by molar-refractivity contribution is 5.42. The maximum absolute atomic E-state index is 9.25. The van der Waals surface area contributed by atoms with Gasteiger partial charge in [-0.25, -0.2) is 0 Å². The van der Waals surface area contributed by atoms with Crippen LogP contribution in [0.4, 0.5) is 0 Å². The fraction of sp³-hybridized carbons (Fsp3) is 0.419. The second-order valence-electron chi connectivity index (χ2n) is 8.66. The Balaban J connectivity index is 0.000000194. The number of benzene rings is 3. The van der Waals surface area contributed by atoms with Crippen LogP contribution in [0.5, 0.6) is 23.0 Å². The molecular formula is C31H43NO4. The second-order valence-corrected chi connectivity index (χ2v) is 8.66. The van der Waals surface area contributed by atoms with E-state index in [2.05, 4.69) is 11.8 Å². The molecule has 3 aromatic carbocycles. The summed E-state index contributed by atoms with van der Waals surface area (Å²) < 4.78 is 11.1. The summed E-state index contributed by atoms with van der Waals surface area (Å²) in [5.74, 6) is 3.05. The first-order valence-electron chi connectivity index (χ1n) is 13.2. The number of rotatable bonds is 4. The third kappa shape index (κ3) is 11.0. The minimum atomic E-state index is 0.322. The molecule has 5 heteroatoms. The van der Waals surface area contributed by atoms with Crippen LogP contribution in [-0.2, 0) is 0 Å². The first kappa shape index (κ1) is 29.1. The third-order valence-electron chi connectivity index (χ3n) is 5.96. The van der Waals surface area contributed by atoms with E-state index in [4.69, 9.17) is 14.6 Å². The fourth-order valence-electron chi connectivity index (χ4n) is 3.97. The maximum atomic E-state index is 9.25. The van der Waals surface area contributed by atoms with Gasteiger partial charge in [0.1, 0.15) is 29.6 Å². The van der Waals surface area contributed by atoms with Crippen LogP contribution in [0.1, 0.15) is 57.9 Å². The Morgan fingerprint density at radius 3 is 2.08 bits per heavy atom. The van der Waals surface area contributed by atoms with Gasteiger partial charge in [0.05, 0.1) is 6.61 Å². The van der Waals surface area contributed by atoms with Crippen LogP contribution >= 0.6 is 0 Å². The molecule has 1 saturated heterocycles. The zero-order valence-electron chi connectivity index (χ0n) is 22.1. The van der Waals surface area contributed by atoms with Gasteiger partial charge in [-0.2, -0.15) is 0 Å². The van der Waals surface area contributed by atoms with E-state index in [0.29, 0.717) is 17.4 Å². The van der Waals surface area contributed by atoms with Gasteiger partial charge in [0, 0.05) is 12.1 Å². The summed E-state index contributed by atoms with van der Waals surface area (Å²) in [5, 5.41) is 17.9. The van der Waals surface area contributed by atoms with Crippen LogP contribution in [0.3, 0.4) is 0 Å². The molecule has 2 N–H and O–H groups in total. The largest absolute Gasteiger partial charge is 0.508 e. The molecule has 2 heterocycles. The number of phenolic OH excluding ortho intramolecular Hbond substituents is 2. The van der Waals surface area contributed by atoms with E-state index in [0.717, 1.165) is 43.2 Å². The van der Waals surface area contributed by atoms with E-state index in [1.165, 1.54) is 32.4 Å². The van der Waals surface area contributed by atoms with E-state index in [-0.39, 0.29) is 0 Å². The molecule has 0 unspecified atom stereocenters. The minimum absolute atomic E-state index is 0.322. The van der Waals surface area contributed by atoms with Crippen molar-refractivity contribution in [3.05, 3.63) is 84.4 Å². The molecule has 0 saturated carbocycles. The van der Waals surface area contributed by atoms with Gasteiger partial charge >= 0.3 is 0 Å². The second kappa shape index (κ2) is 17.3. The lowest BCUT2D eigenvalue weighted by Crippen LogP contribution is -2.33. The molecule has 1 fully saturated rings. The number of likely N-dealkylation sites (tertiary alicyclic amines) is 1. The van der Waals surface area contributed by atoms with E-state index in [1.807, 2.05) is 56.3 Å². The molecule has 36 heavy (non-hydrogen) atoms. The van der Waals surface area contributed by atoms with Crippen molar-refractivity contribution in [1.29, 1.82) is 0 Å². The molecular weight excluding hydrogens is 450 g/mol. The molecule has 3 aromatic rings. The molecule has 5 nitrogen and oxygen atoms in total. The number of ether oxygens (including phenoxy) is 2. The normalized spacial score (nSPS) is 16.2. The summed E-state index contributed by atoms with van der Waals surface area (Å²) >= 11 is 0. The molecule has 5 rings (SSSR count). The summed E-state index contributed by atoms with van der Waals surface area (Å²) in [5.41, 5.74) is 1.13. The average molecular weight is 494 g/mol. The molecule has 196 valence electrons. The Bertz CT molecular complexity index is 943. The number of hydrogen-bond acceptors (Lipinski definition) is 5. The Kier molecular flexibility index (Phi) is 13.9. The van der Waals surface area contributed by atoms with Gasteiger partial charge in [-0.05, 0) is 80.7 Å². The minimum Gasteiger partial charge on any atom is -0.508 e. The number of phenols is 2. The molecule has 2 aliphatic heterocycles. The van der Waals surface area contributed by atoms with E-state index >= 15 is 0 Å². The fourth-order valence-corrected chi connectivity index (χ4v) is 3.97. The highest BCUT2D eigenvalue weighted by Gasteiger charge is 2.17. The van der Waals surface area contributed by atoms with Crippen molar-refractivity contribution >= 4 is 0 Å². The zero-order chi connectivity index (χ0) is 26.0. The summed E-state index contributed by atoms with van der Waals surface area (Å²) in [4.78, 5) is 2.49. The number of para-hydroxylation sites is 2. The molecule has 0 amide bonds. The van der Waals surface area contributed by atoms with Crippen LogP contribution in [0.15, 0.2) is 78.9 Å². The van der Waals surface area contributed by atoms with Crippen molar-refractivity contribution in [2.24, 2.45) is 0 Å². The Hall–Kier alpha value is -3.18. The van der Waals surface area contributed by atoms with Crippen LogP contribution in [0, 0.1) is 0 Å². The van der Waals surface area contributed by atoms with Crippen molar-refractivity contribution in [1.82, 2.24) is 4.90 Å². The predicted molar refractivity (Wildman–Crippen MR) is 148 cm³/mol. The Labute approximate surface area is 217 Å². The van der Waals surface area contributed by atoms with Gasteiger partial charge in [0.25, 0.3) is 0 Å². The summed E-state index contributed by atoms with van der Waals surface area (Å²) in [6.45, 7) is 11.3. The third-order valence-corrected chi connectivity index (χ3v) is 5.96. The van der Waals surface area contributed by atoms with Crippen molar-refractivity contribution in [2.45, 2.75) is 52.4 Å². The first-order chi connectivity index (χ1) is 17.6. The monoisotopic (exact) mass is 493 g/mol. The Morgan fingerprint density at radius 1 is 0.833 bits per heavy atom. The van der Waals surface area contributed by atoms with Gasteiger partial charge in [-0.1, -0.05) is 63.6 Å². The summed E-state index contributed by atoms with van der Waals surface area (Å²) in [7, 11) is 0. The lowest BCUT2D eigenvalue weighted by atomic mass is 9.95. The van der Waals surface area contributed by atoms with E-state index in [1.54, 1.807) is 36.4 Å². The highest BCUT2D eigenvalue weighted by Crippen LogP contribution is 2.35. The molecule has 0 aliphatic carbocycles. The van der Waals surface area contributed by atoms with Crippen LogP contribution in [0.2, 0.25) is 0 Å². The average Bonchev–Trinajstić information content (AvgIpc) is 2.93. The number of aromatic hydroxyl groups is 2. The first-order valence-corrected chi connectivity index (χ1v) is 13.2. The van der Waals surface area contributed by atoms with Gasteiger partial charge in [-0.15, -0.1) is 0 Å². The number of nitrogens with zero attached hydrogens (tertiary/aromatic N) is 1. The highest BCUT2D eigenvalue weighted by atomic mass is 16.5. The predicted octanol–water partition coefficient (Wildman–Crippen LogP) is 7.25. The Morgan fingerprint density at radius 2 is 1.47 bits per heavy atom. The van der Waals surface area contributed by atoms with Gasteiger partial charge in [0.15, 0.2) is 0 Å². The van der Waals surface area contributed by atoms with Crippen molar-refractivity contribution in [2.75, 3.05) is 32.8 Å². The summed E-state index contributed by atoms with van der Waals surface area (Å²) in [6.07, 6.45) is 5.14. The smallest absolute Gasteiger partial charge is 0.123 e. The molecule has 2 aliphatic rings. The molecule has 0 bridgehead atoms. The standard InChI is InChI=1S/C13H19NO.C10H12O2.C6H6O.C2H6/c1-3-7-13(8-4-1)15-12-11-14-9-5-2-6-10-14;1-7-4-5-12-10-3-2-8(11)6-9(7)10;7-6-4-2-1-3-5-6;1-2/h1,3-4,7-8H,2,5-6,9-12H2;2-3,6-7,11H,4-5H2,1H3;1-5,7H;1-2H3/t;7-;;/m.0../s1. The van der Waals surface area contributed by atoms with Crippen molar-refractivity contribution < 1.29 is 19.7 Å². The molecule has 0 radical (unpaired) electrons. The number of piperidine rings is 1. The number of fused-ring (bicyclic) bond motifs is 1. The quantitative estimate of drug-likeness (QED) is 0.401. The molecule has 0 aromatic heterocycles. The lowest BCUT2D eigenvalue weighted by molar-refractivity contribution is 0.183. The maximum Gasteiger partial charge on any atom is 0.123 e. The summed E-state index contributed by atoms with van der Waals surface area (Å²) in [6, 6.07) is 24.1. The van der Waals surface area contributed by atoms with Crippen molar-refractivity contribution in [3.8, 4) is 23.0 Å². The van der Waals surface area contributed by atoms with Crippen LogP contribution in [0.25, 0.3) is 0 Å². The number of hydrogen-bond donors (Lipinski definition) is 2. The SMILES string of the molecule is CC.C[C@H]1CCOc2ccc(O)cc21.Oc1ccccc1.c1ccc(OCCN2CCCCC2)cc1. The van der Waals surface area contributed by atoms with Gasteiger partial charge in [0.2, 0.25) is 0 Å². The molecule has 1 atom stereocenters. The van der Waals surface area contributed by atoms with Gasteiger partial charge in [-0.3, -0.25) is 4.90 Å². The molecule has 0 spiro atoms. The zero-order valence-corrected chi connectivity index (χ0v) is 22.1. The van der Waals surface area contributed by atoms with Crippen LogP contribution < -0.4 is 9.47 Å². The van der Waals surface area contributed by atoms with Crippen molar-refractivity contribution in [3.63, 3.8) is 0 Å². The van der Waals surface area contributed by atoms with E-state index < -0.39 is 0 Å². The van der Waals surface area contributed by atoms with Crippen LogP contribution in [-0.4, -0.2) is 48.0 Å².